The Morgan fingerprint density at radius 2 is 1.75 bits per heavy atom. The predicted molar refractivity (Wildman–Crippen MR) is 79.1 cm³/mol. The Morgan fingerprint density at radius 3 is 2.29 bits per heavy atom. The molecule has 0 spiro atoms. The number of hydrogen-bond acceptors (Lipinski definition) is 3. The topological polar surface area (TPSA) is 86.7 Å². The van der Waals surface area contributed by atoms with Crippen molar-refractivity contribution in [2.24, 2.45) is 11.8 Å². The minimum Gasteiger partial charge on any atom is -0.481 e. The fourth-order valence-corrected chi connectivity index (χ4v) is 3.17. The van der Waals surface area contributed by atoms with E-state index in [0.717, 1.165) is 17.0 Å². The summed E-state index contributed by atoms with van der Waals surface area (Å²) in [6.45, 7) is 0.0780. The van der Waals surface area contributed by atoms with Crippen LogP contribution in [0.25, 0.3) is 0 Å². The molecule has 0 radical (unpaired) electrons. The number of carboxylic acid groups (broad SMARTS) is 1. The minimum atomic E-state index is -1.03. The molecule has 0 aromatic heterocycles. The van der Waals surface area contributed by atoms with E-state index in [1.54, 1.807) is 0 Å². The number of amides is 2. The van der Waals surface area contributed by atoms with Gasteiger partial charge in [0.1, 0.15) is 23.4 Å². The second-order valence-corrected chi connectivity index (χ2v) is 6.04. The molecule has 1 saturated heterocycles. The predicted octanol–water partition coefficient (Wildman–Crippen LogP) is 1.30. The molecule has 2 N–H and O–H groups in total. The summed E-state index contributed by atoms with van der Waals surface area (Å²) in [4.78, 5) is 36.4. The molecule has 1 aromatic rings. The number of halogens is 2. The van der Waals surface area contributed by atoms with Crippen LogP contribution in [-0.2, 0) is 14.4 Å². The van der Waals surface area contributed by atoms with Gasteiger partial charge >= 0.3 is 5.97 Å². The quantitative estimate of drug-likeness (QED) is 0.866. The van der Waals surface area contributed by atoms with Gasteiger partial charge in [-0.3, -0.25) is 14.4 Å². The van der Waals surface area contributed by atoms with Crippen molar-refractivity contribution < 1.29 is 28.3 Å². The van der Waals surface area contributed by atoms with Gasteiger partial charge in [-0.25, -0.2) is 8.78 Å². The van der Waals surface area contributed by atoms with Crippen LogP contribution in [0.15, 0.2) is 18.2 Å². The number of para-hydroxylation sites is 1. The van der Waals surface area contributed by atoms with Crippen LogP contribution >= 0.6 is 0 Å². The molecular weight excluding hydrogens is 322 g/mol. The molecule has 128 valence electrons. The van der Waals surface area contributed by atoms with Crippen molar-refractivity contribution in [2.75, 3.05) is 11.4 Å². The SMILES string of the molecule is O=C(O)C1CCC1C(=O)NC1CCN(c2c(F)cccc2F)C1=O. The monoisotopic (exact) mass is 338 g/mol. The van der Waals surface area contributed by atoms with Gasteiger partial charge in [-0.05, 0) is 31.4 Å². The third-order valence-corrected chi connectivity index (χ3v) is 4.66. The molecule has 2 amide bonds. The van der Waals surface area contributed by atoms with Crippen LogP contribution in [0.3, 0.4) is 0 Å². The summed E-state index contributed by atoms with van der Waals surface area (Å²) in [6, 6.07) is 2.43. The van der Waals surface area contributed by atoms with Crippen LogP contribution in [-0.4, -0.2) is 35.5 Å². The molecule has 3 rings (SSSR count). The zero-order valence-electron chi connectivity index (χ0n) is 12.7. The van der Waals surface area contributed by atoms with Crippen LogP contribution in [0.1, 0.15) is 19.3 Å². The van der Waals surface area contributed by atoms with E-state index in [2.05, 4.69) is 5.32 Å². The van der Waals surface area contributed by atoms with Gasteiger partial charge in [0.2, 0.25) is 11.8 Å². The van der Waals surface area contributed by atoms with Crippen molar-refractivity contribution in [2.45, 2.75) is 25.3 Å². The molecular formula is C16H16F2N2O4. The summed E-state index contributed by atoms with van der Waals surface area (Å²) in [5, 5.41) is 11.5. The third kappa shape index (κ3) is 2.72. The summed E-state index contributed by atoms with van der Waals surface area (Å²) in [6.07, 6.45) is 1.09. The third-order valence-electron chi connectivity index (χ3n) is 4.66. The fraction of sp³-hybridized carbons (Fsp3) is 0.438. The summed E-state index contributed by atoms with van der Waals surface area (Å²) in [5.74, 6) is -5.22. The van der Waals surface area contributed by atoms with Gasteiger partial charge in [0, 0.05) is 6.54 Å². The van der Waals surface area contributed by atoms with Gasteiger partial charge in [-0.1, -0.05) is 6.07 Å². The van der Waals surface area contributed by atoms with E-state index in [9.17, 15) is 23.2 Å². The van der Waals surface area contributed by atoms with Crippen molar-refractivity contribution in [3.63, 3.8) is 0 Å². The van der Waals surface area contributed by atoms with Crippen LogP contribution in [0.4, 0.5) is 14.5 Å². The first-order chi connectivity index (χ1) is 11.4. The number of rotatable bonds is 4. The Morgan fingerprint density at radius 1 is 1.12 bits per heavy atom. The first kappa shape index (κ1) is 16.4. The van der Waals surface area contributed by atoms with Gasteiger partial charge in [-0.15, -0.1) is 0 Å². The largest absolute Gasteiger partial charge is 0.481 e. The summed E-state index contributed by atoms with van der Waals surface area (Å²) in [5.41, 5.74) is -0.425. The number of carbonyl (C=O) groups is 3. The van der Waals surface area contributed by atoms with Crippen molar-refractivity contribution in [1.29, 1.82) is 0 Å². The van der Waals surface area contributed by atoms with E-state index in [0.29, 0.717) is 12.8 Å². The highest BCUT2D eigenvalue weighted by molar-refractivity contribution is 6.02. The smallest absolute Gasteiger partial charge is 0.307 e. The molecule has 8 heteroatoms. The van der Waals surface area contributed by atoms with Crippen LogP contribution in [0.2, 0.25) is 0 Å². The number of hydrogen-bond donors (Lipinski definition) is 2. The highest BCUT2D eigenvalue weighted by Gasteiger charge is 2.44. The van der Waals surface area contributed by atoms with Crippen molar-refractivity contribution in [1.82, 2.24) is 5.32 Å². The minimum absolute atomic E-state index is 0.0780. The van der Waals surface area contributed by atoms with E-state index in [4.69, 9.17) is 5.11 Å². The highest BCUT2D eigenvalue weighted by Crippen LogP contribution is 2.35. The average Bonchev–Trinajstić information content (AvgIpc) is 2.78. The number of carboxylic acids is 1. The number of anilines is 1. The summed E-state index contributed by atoms with van der Waals surface area (Å²) < 4.78 is 27.6. The summed E-state index contributed by atoms with van der Waals surface area (Å²) in [7, 11) is 0. The standard InChI is InChI=1S/C16H16F2N2O4/c17-10-2-1-3-11(18)13(10)20-7-6-12(15(20)22)19-14(21)8-4-5-9(8)16(23)24/h1-3,8-9,12H,4-7H2,(H,19,21)(H,23,24). The molecule has 24 heavy (non-hydrogen) atoms. The van der Waals surface area contributed by atoms with E-state index in [1.807, 2.05) is 0 Å². The highest BCUT2D eigenvalue weighted by atomic mass is 19.1. The fourth-order valence-electron chi connectivity index (χ4n) is 3.17. The lowest BCUT2D eigenvalue weighted by molar-refractivity contribution is -0.153. The van der Waals surface area contributed by atoms with E-state index in [1.165, 1.54) is 6.07 Å². The second kappa shape index (κ2) is 6.18. The second-order valence-electron chi connectivity index (χ2n) is 6.04. The lowest BCUT2D eigenvalue weighted by atomic mass is 9.73. The van der Waals surface area contributed by atoms with Crippen LogP contribution < -0.4 is 10.2 Å². The first-order valence-electron chi connectivity index (χ1n) is 7.68. The Hall–Kier alpha value is -2.51. The van der Waals surface area contributed by atoms with Gasteiger partial charge in [0.25, 0.3) is 0 Å². The van der Waals surface area contributed by atoms with Crippen molar-refractivity contribution >= 4 is 23.5 Å². The van der Waals surface area contributed by atoms with Gasteiger partial charge < -0.3 is 15.3 Å². The van der Waals surface area contributed by atoms with Gasteiger partial charge in [-0.2, -0.15) is 0 Å². The normalized spacial score (nSPS) is 26.2. The van der Waals surface area contributed by atoms with Crippen molar-refractivity contribution in [3.8, 4) is 0 Å². The number of nitrogens with zero attached hydrogens (tertiary/aromatic N) is 1. The van der Waals surface area contributed by atoms with E-state index < -0.39 is 53.0 Å². The van der Waals surface area contributed by atoms with Crippen molar-refractivity contribution in [3.05, 3.63) is 29.8 Å². The van der Waals surface area contributed by atoms with Crippen LogP contribution in [0, 0.1) is 23.5 Å². The Bertz CT molecular complexity index is 689. The number of nitrogens with one attached hydrogen (secondary N) is 1. The summed E-state index contributed by atoms with van der Waals surface area (Å²) >= 11 is 0. The molecule has 1 aromatic carbocycles. The van der Waals surface area contributed by atoms with E-state index >= 15 is 0 Å². The first-order valence-corrected chi connectivity index (χ1v) is 7.68. The Balaban J connectivity index is 1.69. The zero-order valence-corrected chi connectivity index (χ0v) is 12.7. The molecule has 1 aliphatic heterocycles. The lowest BCUT2D eigenvalue weighted by Gasteiger charge is -2.32. The maximum Gasteiger partial charge on any atom is 0.307 e. The van der Waals surface area contributed by atoms with Crippen LogP contribution in [0.5, 0.6) is 0 Å². The van der Waals surface area contributed by atoms with Gasteiger partial charge in [0.05, 0.1) is 11.8 Å². The number of aliphatic carboxylic acids is 1. The molecule has 2 aliphatic rings. The van der Waals surface area contributed by atoms with Gasteiger partial charge in [0.15, 0.2) is 0 Å². The lowest BCUT2D eigenvalue weighted by Crippen LogP contribution is -2.49. The molecule has 1 aliphatic carbocycles. The van der Waals surface area contributed by atoms with E-state index in [-0.39, 0.29) is 13.0 Å². The molecule has 2 fully saturated rings. The molecule has 0 bridgehead atoms. The molecule has 6 nitrogen and oxygen atoms in total. The maximum atomic E-state index is 13.8. The molecule has 3 unspecified atom stereocenters. The maximum absolute atomic E-state index is 13.8. The molecule has 1 heterocycles. The molecule has 3 atom stereocenters. The Labute approximate surface area is 136 Å². The number of benzene rings is 1. The molecule has 1 saturated carbocycles. The Kier molecular flexibility index (Phi) is 4.21. The average molecular weight is 338 g/mol. The zero-order chi connectivity index (χ0) is 17.4. The number of carbonyl (C=O) groups excluding carboxylic acids is 2.